The molecule has 0 aliphatic heterocycles. The molecule has 0 radical (unpaired) electrons. The van der Waals surface area contributed by atoms with Gasteiger partial charge in [0.15, 0.2) is 9.84 Å². The van der Waals surface area contributed by atoms with Crippen LogP contribution in [0.15, 0.2) is 25.3 Å². The molecule has 0 aromatic carbocycles. The molecule has 0 aromatic rings. The van der Waals surface area contributed by atoms with Gasteiger partial charge in [-0.2, -0.15) is 30.7 Å². The molecule has 0 unspecified atom stereocenters. The lowest BCUT2D eigenvalue weighted by Crippen LogP contribution is -2.50. The number of alkyl halides is 7. The second-order valence-corrected chi connectivity index (χ2v) is 10.8. The topological polar surface area (TPSA) is 121 Å². The Labute approximate surface area is 154 Å². The van der Waals surface area contributed by atoms with Gasteiger partial charge in [-0.15, -0.1) is 13.2 Å². The summed E-state index contributed by atoms with van der Waals surface area (Å²) in [6.07, 6.45) is 0.829. The van der Waals surface area contributed by atoms with Gasteiger partial charge in [0.2, 0.25) is 0 Å². The third kappa shape index (κ3) is 4.84. The summed E-state index contributed by atoms with van der Waals surface area (Å²) in [5.41, 5.74) is -18.9. The molecule has 0 rings (SSSR count). The fraction of sp³-hybridized carbons (Fsp3) is 0.500. The quantitative estimate of drug-likeness (QED) is 0.245. The number of halogens is 7. The van der Waals surface area contributed by atoms with Crippen LogP contribution in [0.2, 0.25) is 0 Å². The Morgan fingerprint density at radius 2 is 0.964 bits per heavy atom. The molecule has 28 heavy (non-hydrogen) atoms. The maximum Gasteiger partial charge on any atom is 0.470 e. The van der Waals surface area contributed by atoms with E-state index in [4.69, 9.17) is 0 Å². The zero-order valence-corrected chi connectivity index (χ0v) is 15.6. The van der Waals surface area contributed by atoms with Gasteiger partial charge < -0.3 is 9.47 Å². The summed E-state index contributed by atoms with van der Waals surface area (Å²) in [4.78, 5) is 0. The zero-order valence-electron chi connectivity index (χ0n) is 13.1. The predicted octanol–water partition coefficient (Wildman–Crippen LogP) is 1.70. The van der Waals surface area contributed by atoms with Crippen LogP contribution in [-0.2, 0) is 39.0 Å². The monoisotopic (exact) mass is 487 g/mol. The summed E-state index contributed by atoms with van der Waals surface area (Å²) >= 11 is 0. The highest BCUT2D eigenvalue weighted by atomic mass is 32.3. The van der Waals surface area contributed by atoms with Gasteiger partial charge >= 0.3 is 16.4 Å². The van der Waals surface area contributed by atoms with Crippen LogP contribution < -0.4 is 0 Å². The highest BCUT2D eigenvalue weighted by molar-refractivity contribution is 8.29. The van der Waals surface area contributed by atoms with Crippen molar-refractivity contribution in [3.05, 3.63) is 29.2 Å². The van der Waals surface area contributed by atoms with Crippen molar-refractivity contribution in [1.29, 1.82) is 0 Å². The van der Waals surface area contributed by atoms with Crippen LogP contribution in [0.5, 0.6) is 0 Å². The summed E-state index contributed by atoms with van der Waals surface area (Å²) in [6.45, 7) is 2.65. The molecule has 0 aromatic heterocycles. The first-order valence-corrected chi connectivity index (χ1v) is 10.6. The van der Waals surface area contributed by atoms with E-state index in [1.165, 1.54) is 0 Å². The number of rotatable bonds is 11. The second-order valence-electron chi connectivity index (χ2n) is 4.33. The van der Waals surface area contributed by atoms with E-state index in [0.717, 1.165) is 0 Å². The molecule has 0 aliphatic rings. The minimum atomic E-state index is -7.80. The molecule has 0 N–H and O–H groups in total. The summed E-state index contributed by atoms with van der Waals surface area (Å²) in [5, 5.41) is 0. The van der Waals surface area contributed by atoms with E-state index in [-0.39, 0.29) is 0 Å². The van der Waals surface area contributed by atoms with Crippen LogP contribution in [0, 0.1) is 3.91 Å². The van der Waals surface area contributed by atoms with E-state index < -0.39 is 63.0 Å². The van der Waals surface area contributed by atoms with Crippen molar-refractivity contribution in [2.45, 2.75) is 16.4 Å². The van der Waals surface area contributed by atoms with Crippen molar-refractivity contribution >= 4 is 29.5 Å². The first kappa shape index (κ1) is 26.8. The molecule has 18 heteroatoms. The molecule has 0 saturated heterocycles. The molecule has 0 amide bonds. The van der Waals surface area contributed by atoms with Crippen molar-refractivity contribution in [3.8, 4) is 0 Å². The Morgan fingerprint density at radius 3 is 1.18 bits per heavy atom. The largest absolute Gasteiger partial charge is 0.470 e. The molecule has 166 valence electrons. The number of sulfone groups is 3. The van der Waals surface area contributed by atoms with E-state index in [9.17, 15) is 56.0 Å². The van der Waals surface area contributed by atoms with Crippen LogP contribution in [0.1, 0.15) is 0 Å². The van der Waals surface area contributed by atoms with E-state index in [0.29, 0.717) is 12.2 Å². The molecular formula is C10H10F7O8S3-. The van der Waals surface area contributed by atoms with E-state index in [1.807, 2.05) is 0 Å². The lowest BCUT2D eigenvalue weighted by Gasteiger charge is -2.35. The fourth-order valence-electron chi connectivity index (χ4n) is 1.19. The molecule has 0 bridgehead atoms. The fourth-order valence-corrected chi connectivity index (χ4v) is 7.41. The first-order valence-electron chi connectivity index (χ1n) is 6.17. The number of ether oxygens (including phenoxy) is 2. The number of hydrogen-bond acceptors (Lipinski definition) is 8. The van der Waals surface area contributed by atoms with E-state index >= 15 is 0 Å². The average molecular weight is 487 g/mol. The Hall–Kier alpha value is -1.24. The van der Waals surface area contributed by atoms with Gasteiger partial charge in [0.05, 0.1) is 17.1 Å². The molecule has 0 fully saturated rings. The highest BCUT2D eigenvalue weighted by Crippen LogP contribution is 2.47. The van der Waals surface area contributed by atoms with Gasteiger partial charge in [-0.1, -0.05) is 12.2 Å². The van der Waals surface area contributed by atoms with Gasteiger partial charge in [-0.05, 0) is 0 Å². The molecule has 0 saturated carbocycles. The summed E-state index contributed by atoms with van der Waals surface area (Å²) in [7, 11) is -22.9. The van der Waals surface area contributed by atoms with Crippen molar-refractivity contribution in [2.24, 2.45) is 0 Å². The minimum Gasteiger partial charge on any atom is -0.306 e. The Balaban J connectivity index is 7.00. The molecule has 8 nitrogen and oxygen atoms in total. The van der Waals surface area contributed by atoms with Crippen molar-refractivity contribution < 1.29 is 65.5 Å². The van der Waals surface area contributed by atoms with Gasteiger partial charge in [-0.3, -0.25) is 25.3 Å². The van der Waals surface area contributed by atoms with Gasteiger partial charge in [0, 0.05) is 0 Å². The zero-order chi connectivity index (χ0) is 22.8. The standard InChI is InChI=1S/C10H10F7O8S3/c1-3-5-24-9(14,15)27(20,21)7(26(18,19)8(11,12)13)28(22,23)10(16,17)25-6-4-2/h3-4H,1-2,5-6H2/q-1. The molecular weight excluding hydrogens is 477 g/mol. The molecule has 0 heterocycles. The van der Waals surface area contributed by atoms with Crippen LogP contribution in [0.25, 0.3) is 0 Å². The second kappa shape index (κ2) is 8.25. The molecule has 0 atom stereocenters. The lowest BCUT2D eigenvalue weighted by molar-refractivity contribution is -0.162. The van der Waals surface area contributed by atoms with Crippen LogP contribution in [0.3, 0.4) is 0 Å². The van der Waals surface area contributed by atoms with Crippen molar-refractivity contribution in [2.75, 3.05) is 13.2 Å². The van der Waals surface area contributed by atoms with Crippen LogP contribution in [-0.4, -0.2) is 54.9 Å². The average Bonchev–Trinajstić information content (AvgIpc) is 2.48. The van der Waals surface area contributed by atoms with Crippen LogP contribution in [0.4, 0.5) is 30.7 Å². The summed E-state index contributed by atoms with van der Waals surface area (Å²) in [6, 6.07) is 0. The van der Waals surface area contributed by atoms with Crippen molar-refractivity contribution in [1.82, 2.24) is 0 Å². The van der Waals surface area contributed by atoms with E-state index in [1.54, 1.807) is 0 Å². The highest BCUT2D eigenvalue weighted by Gasteiger charge is 2.63. The van der Waals surface area contributed by atoms with Gasteiger partial charge in [0.25, 0.3) is 0 Å². The predicted molar refractivity (Wildman–Crippen MR) is 78.2 cm³/mol. The third-order valence-corrected chi connectivity index (χ3v) is 9.69. The Bertz CT molecular complexity index is 849. The normalized spacial score (nSPS) is 14.9. The Kier molecular flexibility index (Phi) is 7.88. The Morgan fingerprint density at radius 1 is 0.679 bits per heavy atom. The van der Waals surface area contributed by atoms with Crippen molar-refractivity contribution in [3.63, 3.8) is 0 Å². The molecule has 0 aliphatic carbocycles. The minimum absolute atomic E-state index is 0.414. The third-order valence-electron chi connectivity index (χ3n) is 2.33. The lowest BCUT2D eigenvalue weighted by atomic mass is 10.7. The first-order chi connectivity index (χ1) is 12.2. The SMILES string of the molecule is C=CCOC(F)(F)S(=O)(=O)[C-](S(=O)(=O)C(F)(F)F)S(=O)(=O)C(F)(F)OCC=C. The summed E-state index contributed by atoms with van der Waals surface area (Å²) < 4.78 is 164. The maximum atomic E-state index is 13.7. The summed E-state index contributed by atoms with van der Waals surface area (Å²) in [5.74, 6) is 0. The smallest absolute Gasteiger partial charge is 0.306 e. The van der Waals surface area contributed by atoms with Gasteiger partial charge in [0.1, 0.15) is 19.7 Å². The maximum absolute atomic E-state index is 13.7. The number of hydrogen-bond donors (Lipinski definition) is 0. The van der Waals surface area contributed by atoms with Gasteiger partial charge in [-0.25, -0.2) is 0 Å². The van der Waals surface area contributed by atoms with E-state index in [2.05, 4.69) is 22.6 Å². The van der Waals surface area contributed by atoms with Crippen LogP contribution >= 0.6 is 0 Å². The molecule has 0 spiro atoms.